The van der Waals surface area contributed by atoms with E-state index in [0.717, 1.165) is 14.5 Å². The SMILES string of the molecule is Cc1ccc(Br)c(C(=O)Nc2cc(Br)ccc2C(N)=S)c1. The summed E-state index contributed by atoms with van der Waals surface area (Å²) in [5.74, 6) is -0.221. The third kappa shape index (κ3) is 3.90. The number of carbonyl (C=O) groups excluding carboxylic acids is 1. The lowest BCUT2D eigenvalue weighted by molar-refractivity contribution is 0.102. The Morgan fingerprint density at radius 1 is 1.14 bits per heavy atom. The first-order chi connectivity index (χ1) is 9.88. The van der Waals surface area contributed by atoms with Crippen LogP contribution in [0.5, 0.6) is 0 Å². The lowest BCUT2D eigenvalue weighted by Crippen LogP contribution is -2.18. The average molecular weight is 428 g/mol. The number of anilines is 1. The van der Waals surface area contributed by atoms with Crippen LogP contribution in [0.15, 0.2) is 45.3 Å². The summed E-state index contributed by atoms with van der Waals surface area (Å²) in [6.45, 7) is 1.93. The summed E-state index contributed by atoms with van der Waals surface area (Å²) < 4.78 is 1.57. The molecule has 0 fully saturated rings. The van der Waals surface area contributed by atoms with Crippen LogP contribution in [-0.4, -0.2) is 10.9 Å². The number of hydrogen-bond donors (Lipinski definition) is 2. The predicted molar refractivity (Wildman–Crippen MR) is 96.9 cm³/mol. The van der Waals surface area contributed by atoms with E-state index in [-0.39, 0.29) is 10.9 Å². The van der Waals surface area contributed by atoms with Crippen LogP contribution in [0.4, 0.5) is 5.69 Å². The molecule has 0 aromatic heterocycles. The number of amides is 1. The highest BCUT2D eigenvalue weighted by Gasteiger charge is 2.14. The van der Waals surface area contributed by atoms with Crippen LogP contribution in [0, 0.1) is 6.92 Å². The fourth-order valence-corrected chi connectivity index (χ4v) is 2.80. The van der Waals surface area contributed by atoms with E-state index in [4.69, 9.17) is 18.0 Å². The van der Waals surface area contributed by atoms with E-state index >= 15 is 0 Å². The number of carbonyl (C=O) groups is 1. The largest absolute Gasteiger partial charge is 0.389 e. The van der Waals surface area contributed by atoms with E-state index in [9.17, 15) is 4.79 Å². The zero-order valence-corrected chi connectivity index (χ0v) is 15.1. The minimum absolute atomic E-state index is 0.221. The van der Waals surface area contributed by atoms with Crippen LogP contribution in [0.3, 0.4) is 0 Å². The maximum atomic E-state index is 12.4. The molecule has 0 saturated carbocycles. The van der Waals surface area contributed by atoms with E-state index in [1.54, 1.807) is 12.1 Å². The predicted octanol–water partition coefficient (Wildman–Crippen LogP) is 4.41. The van der Waals surface area contributed by atoms with Gasteiger partial charge in [-0.05, 0) is 53.2 Å². The van der Waals surface area contributed by atoms with Gasteiger partial charge in [0.2, 0.25) is 0 Å². The second kappa shape index (κ2) is 6.68. The highest BCUT2D eigenvalue weighted by atomic mass is 79.9. The van der Waals surface area contributed by atoms with Crippen molar-refractivity contribution in [3.8, 4) is 0 Å². The summed E-state index contributed by atoms with van der Waals surface area (Å²) in [7, 11) is 0. The fourth-order valence-electron chi connectivity index (χ4n) is 1.84. The van der Waals surface area contributed by atoms with Gasteiger partial charge in [0.05, 0.1) is 11.3 Å². The number of thiocarbonyl (C=S) groups is 1. The zero-order chi connectivity index (χ0) is 15.6. The van der Waals surface area contributed by atoms with Crippen molar-refractivity contribution in [3.63, 3.8) is 0 Å². The van der Waals surface area contributed by atoms with Gasteiger partial charge in [-0.2, -0.15) is 0 Å². The summed E-state index contributed by atoms with van der Waals surface area (Å²) in [6.07, 6.45) is 0. The van der Waals surface area contributed by atoms with E-state index in [1.165, 1.54) is 0 Å². The molecular weight excluding hydrogens is 416 g/mol. The molecule has 0 unspecified atom stereocenters. The molecule has 0 aliphatic heterocycles. The van der Waals surface area contributed by atoms with Crippen molar-refractivity contribution >= 4 is 60.7 Å². The molecule has 6 heteroatoms. The summed E-state index contributed by atoms with van der Waals surface area (Å²) in [6, 6.07) is 11.0. The highest BCUT2D eigenvalue weighted by Crippen LogP contribution is 2.24. The molecule has 0 bridgehead atoms. The minimum atomic E-state index is -0.221. The number of nitrogens with two attached hydrogens (primary N) is 1. The first kappa shape index (κ1) is 16.1. The molecule has 3 N–H and O–H groups in total. The van der Waals surface area contributed by atoms with Crippen molar-refractivity contribution in [2.75, 3.05) is 5.32 Å². The Bertz CT molecular complexity index is 732. The van der Waals surface area contributed by atoms with E-state index in [2.05, 4.69) is 37.2 Å². The lowest BCUT2D eigenvalue weighted by Gasteiger charge is -2.12. The van der Waals surface area contributed by atoms with Gasteiger partial charge in [0, 0.05) is 14.5 Å². The van der Waals surface area contributed by atoms with Crippen molar-refractivity contribution in [2.45, 2.75) is 6.92 Å². The topological polar surface area (TPSA) is 55.1 Å². The molecule has 0 aliphatic rings. The highest BCUT2D eigenvalue weighted by molar-refractivity contribution is 9.10. The van der Waals surface area contributed by atoms with E-state index < -0.39 is 0 Å². The van der Waals surface area contributed by atoms with Gasteiger partial charge in [-0.15, -0.1) is 0 Å². The van der Waals surface area contributed by atoms with Crippen molar-refractivity contribution in [1.82, 2.24) is 0 Å². The molecule has 3 nitrogen and oxygen atoms in total. The Morgan fingerprint density at radius 2 is 1.86 bits per heavy atom. The second-order valence-corrected chi connectivity index (χ2v) is 6.70. The van der Waals surface area contributed by atoms with Crippen molar-refractivity contribution < 1.29 is 4.79 Å². The molecule has 0 spiro atoms. The smallest absolute Gasteiger partial charge is 0.256 e. The molecule has 0 aliphatic carbocycles. The van der Waals surface area contributed by atoms with Gasteiger partial charge in [-0.1, -0.05) is 39.8 Å². The Kier molecular flexibility index (Phi) is 5.13. The van der Waals surface area contributed by atoms with Gasteiger partial charge in [0.15, 0.2) is 0 Å². The third-order valence-electron chi connectivity index (χ3n) is 2.86. The van der Waals surface area contributed by atoms with Crippen LogP contribution in [-0.2, 0) is 0 Å². The molecular formula is C15H12Br2N2OS. The molecule has 2 aromatic rings. The van der Waals surface area contributed by atoms with Crippen molar-refractivity contribution in [3.05, 3.63) is 62.0 Å². The second-order valence-electron chi connectivity index (χ2n) is 4.49. The molecule has 0 heterocycles. The quantitative estimate of drug-likeness (QED) is 0.713. The molecule has 2 rings (SSSR count). The first-order valence-electron chi connectivity index (χ1n) is 6.05. The first-order valence-corrected chi connectivity index (χ1v) is 8.05. The van der Waals surface area contributed by atoms with Gasteiger partial charge in [-0.3, -0.25) is 4.79 Å². The maximum absolute atomic E-state index is 12.4. The average Bonchev–Trinajstić information content (AvgIpc) is 2.41. The summed E-state index contributed by atoms with van der Waals surface area (Å²) >= 11 is 11.8. The Morgan fingerprint density at radius 3 is 2.52 bits per heavy atom. The summed E-state index contributed by atoms with van der Waals surface area (Å²) in [4.78, 5) is 12.7. The van der Waals surface area contributed by atoms with Gasteiger partial charge < -0.3 is 11.1 Å². The normalized spacial score (nSPS) is 10.2. The number of halogens is 2. The number of benzene rings is 2. The van der Waals surface area contributed by atoms with Gasteiger partial charge >= 0.3 is 0 Å². The van der Waals surface area contributed by atoms with Crippen LogP contribution in [0.25, 0.3) is 0 Å². The van der Waals surface area contributed by atoms with E-state index in [0.29, 0.717) is 16.8 Å². The number of nitrogens with one attached hydrogen (secondary N) is 1. The molecule has 1 amide bonds. The fraction of sp³-hybridized carbons (Fsp3) is 0.0667. The maximum Gasteiger partial charge on any atom is 0.256 e. The Hall–Kier alpha value is -1.24. The number of aryl methyl sites for hydroxylation is 1. The van der Waals surface area contributed by atoms with Gasteiger partial charge in [-0.25, -0.2) is 0 Å². The van der Waals surface area contributed by atoms with Crippen LogP contribution in [0.2, 0.25) is 0 Å². The van der Waals surface area contributed by atoms with Crippen LogP contribution < -0.4 is 11.1 Å². The lowest BCUT2D eigenvalue weighted by atomic mass is 10.1. The van der Waals surface area contributed by atoms with Crippen molar-refractivity contribution in [2.24, 2.45) is 5.73 Å². The van der Waals surface area contributed by atoms with Gasteiger partial charge in [0.1, 0.15) is 4.99 Å². The summed E-state index contributed by atoms with van der Waals surface area (Å²) in [5.41, 5.74) is 8.46. The molecule has 21 heavy (non-hydrogen) atoms. The Labute approximate surface area is 145 Å². The summed E-state index contributed by atoms with van der Waals surface area (Å²) in [5, 5.41) is 2.85. The molecule has 0 saturated heterocycles. The van der Waals surface area contributed by atoms with Gasteiger partial charge in [0.25, 0.3) is 5.91 Å². The van der Waals surface area contributed by atoms with Crippen molar-refractivity contribution in [1.29, 1.82) is 0 Å². The van der Waals surface area contributed by atoms with Crippen LogP contribution >= 0.6 is 44.1 Å². The molecule has 108 valence electrons. The number of rotatable bonds is 3. The van der Waals surface area contributed by atoms with E-state index in [1.807, 2.05) is 31.2 Å². The minimum Gasteiger partial charge on any atom is -0.389 e. The third-order valence-corrected chi connectivity index (χ3v) is 4.27. The molecule has 2 aromatic carbocycles. The number of hydrogen-bond acceptors (Lipinski definition) is 2. The molecule has 0 atom stereocenters. The molecule has 0 radical (unpaired) electrons. The Balaban J connectivity index is 2.38. The zero-order valence-electron chi connectivity index (χ0n) is 11.1. The standard InChI is InChI=1S/C15H12Br2N2OS/c1-8-2-5-12(17)11(6-8)15(20)19-13-7-9(16)3-4-10(13)14(18)21/h2-7H,1H3,(H2,18,21)(H,19,20). The monoisotopic (exact) mass is 426 g/mol. The van der Waals surface area contributed by atoms with Crippen LogP contribution in [0.1, 0.15) is 21.5 Å².